The molecule has 0 bridgehead atoms. The van der Waals surface area contributed by atoms with E-state index in [1.165, 1.54) is 11.1 Å². The first-order valence-electron chi connectivity index (χ1n) is 6.56. The number of nitrogens with one attached hydrogen (secondary N) is 1. The highest BCUT2D eigenvalue weighted by Gasteiger charge is 2.09. The third kappa shape index (κ3) is 3.95. The van der Waals surface area contributed by atoms with E-state index in [0.717, 1.165) is 18.5 Å². The van der Waals surface area contributed by atoms with E-state index in [2.05, 4.69) is 19.2 Å². The minimum absolute atomic E-state index is 0.0588. The molecule has 2 nitrogen and oxygen atoms in total. The van der Waals surface area contributed by atoms with Crippen LogP contribution < -0.4 is 5.32 Å². The molecular weight excluding hydrogens is 234 g/mol. The van der Waals surface area contributed by atoms with Crippen molar-refractivity contribution in [1.82, 2.24) is 0 Å². The number of carbonyl (C=O) groups is 1. The van der Waals surface area contributed by atoms with E-state index in [1.807, 2.05) is 48.6 Å². The molecule has 98 valence electrons. The Morgan fingerprint density at radius 3 is 2.42 bits per heavy atom. The Morgan fingerprint density at radius 2 is 1.68 bits per heavy atom. The minimum Gasteiger partial charge on any atom is -0.322 e. The van der Waals surface area contributed by atoms with Crippen LogP contribution in [0.4, 0.5) is 5.69 Å². The highest BCUT2D eigenvalue weighted by atomic mass is 16.1. The summed E-state index contributed by atoms with van der Waals surface area (Å²) < 4.78 is 0. The van der Waals surface area contributed by atoms with Crippen LogP contribution in [0.2, 0.25) is 0 Å². The molecule has 0 heterocycles. The number of allylic oxidation sites excluding steroid dienone is 4. The fourth-order valence-electron chi connectivity index (χ4n) is 1.96. The van der Waals surface area contributed by atoms with E-state index >= 15 is 0 Å². The number of para-hydroxylation sites is 1. The van der Waals surface area contributed by atoms with Crippen LogP contribution in [0.15, 0.2) is 65.3 Å². The highest BCUT2D eigenvalue weighted by molar-refractivity contribution is 6.06. The van der Waals surface area contributed by atoms with Crippen molar-refractivity contribution in [3.8, 4) is 0 Å². The summed E-state index contributed by atoms with van der Waals surface area (Å²) in [7, 11) is 0. The van der Waals surface area contributed by atoms with Crippen LogP contribution in [-0.2, 0) is 4.79 Å². The standard InChI is InChI=1S/C17H19NO/c1-13-8-9-14(2)12-15(11-10-13)17(19)18-16-6-4-3-5-7-16/h3-7,10-12H,8-9H2,1-2H3,(H,18,19). The fourth-order valence-corrected chi connectivity index (χ4v) is 1.96. The molecule has 2 rings (SSSR count). The smallest absolute Gasteiger partial charge is 0.255 e. The predicted molar refractivity (Wildman–Crippen MR) is 79.9 cm³/mol. The summed E-state index contributed by atoms with van der Waals surface area (Å²) in [5.41, 5.74) is 4.07. The normalized spacial score (nSPS) is 15.6. The molecule has 0 spiro atoms. The van der Waals surface area contributed by atoms with Crippen molar-refractivity contribution in [3.63, 3.8) is 0 Å². The van der Waals surface area contributed by atoms with Gasteiger partial charge in [0, 0.05) is 11.3 Å². The van der Waals surface area contributed by atoms with Crippen molar-refractivity contribution in [2.24, 2.45) is 0 Å². The number of anilines is 1. The molecule has 0 saturated heterocycles. The molecule has 1 aromatic carbocycles. The van der Waals surface area contributed by atoms with E-state index in [4.69, 9.17) is 0 Å². The van der Waals surface area contributed by atoms with Gasteiger partial charge in [-0.3, -0.25) is 4.79 Å². The highest BCUT2D eigenvalue weighted by Crippen LogP contribution is 2.18. The Hall–Kier alpha value is -2.09. The van der Waals surface area contributed by atoms with E-state index in [0.29, 0.717) is 5.57 Å². The Morgan fingerprint density at radius 1 is 1.00 bits per heavy atom. The lowest BCUT2D eigenvalue weighted by Gasteiger charge is -2.10. The van der Waals surface area contributed by atoms with E-state index in [-0.39, 0.29) is 5.91 Å². The van der Waals surface area contributed by atoms with Gasteiger partial charge in [0.1, 0.15) is 0 Å². The average Bonchev–Trinajstić information content (AvgIpc) is 2.40. The molecule has 1 aliphatic carbocycles. The summed E-state index contributed by atoms with van der Waals surface area (Å²) in [5.74, 6) is -0.0588. The average molecular weight is 253 g/mol. The van der Waals surface area contributed by atoms with Gasteiger partial charge in [-0.25, -0.2) is 0 Å². The summed E-state index contributed by atoms with van der Waals surface area (Å²) >= 11 is 0. The summed E-state index contributed by atoms with van der Waals surface area (Å²) in [4.78, 5) is 12.2. The number of rotatable bonds is 2. The summed E-state index contributed by atoms with van der Waals surface area (Å²) in [5, 5.41) is 2.91. The van der Waals surface area contributed by atoms with E-state index in [1.54, 1.807) is 0 Å². The molecule has 1 aromatic rings. The van der Waals surface area contributed by atoms with Gasteiger partial charge in [0.2, 0.25) is 0 Å². The van der Waals surface area contributed by atoms with Gasteiger partial charge in [0.25, 0.3) is 5.91 Å². The van der Waals surface area contributed by atoms with Crippen molar-refractivity contribution < 1.29 is 4.79 Å². The maximum atomic E-state index is 12.2. The van der Waals surface area contributed by atoms with Gasteiger partial charge in [-0.05, 0) is 44.9 Å². The monoisotopic (exact) mass is 253 g/mol. The molecule has 0 unspecified atom stereocenters. The quantitative estimate of drug-likeness (QED) is 0.839. The summed E-state index contributed by atoms with van der Waals surface area (Å²) in [6.07, 6.45) is 7.98. The zero-order valence-corrected chi connectivity index (χ0v) is 11.4. The van der Waals surface area contributed by atoms with E-state index in [9.17, 15) is 4.79 Å². The van der Waals surface area contributed by atoms with Crippen LogP contribution in [0.3, 0.4) is 0 Å². The Kier molecular flexibility index (Phi) is 4.35. The third-order valence-corrected chi connectivity index (χ3v) is 3.16. The lowest BCUT2D eigenvalue weighted by atomic mass is 10.0. The van der Waals surface area contributed by atoms with Crippen LogP contribution in [0.1, 0.15) is 26.7 Å². The molecular formula is C17H19NO. The third-order valence-electron chi connectivity index (χ3n) is 3.16. The Labute approximate surface area is 114 Å². The van der Waals surface area contributed by atoms with Gasteiger partial charge in [0.15, 0.2) is 0 Å². The van der Waals surface area contributed by atoms with Crippen molar-refractivity contribution >= 4 is 11.6 Å². The molecule has 0 aliphatic heterocycles. The van der Waals surface area contributed by atoms with Crippen molar-refractivity contribution in [2.75, 3.05) is 5.32 Å². The van der Waals surface area contributed by atoms with Crippen molar-refractivity contribution in [2.45, 2.75) is 26.7 Å². The first-order valence-corrected chi connectivity index (χ1v) is 6.56. The number of carbonyl (C=O) groups excluding carboxylic acids is 1. The lowest BCUT2D eigenvalue weighted by molar-refractivity contribution is -0.112. The van der Waals surface area contributed by atoms with Crippen LogP contribution in [0.5, 0.6) is 0 Å². The number of benzene rings is 1. The molecule has 19 heavy (non-hydrogen) atoms. The summed E-state index contributed by atoms with van der Waals surface area (Å²) in [6.45, 7) is 4.17. The summed E-state index contributed by atoms with van der Waals surface area (Å²) in [6, 6.07) is 9.53. The molecule has 0 atom stereocenters. The van der Waals surface area contributed by atoms with Crippen LogP contribution >= 0.6 is 0 Å². The second-order valence-electron chi connectivity index (χ2n) is 4.95. The van der Waals surface area contributed by atoms with Crippen LogP contribution in [0.25, 0.3) is 0 Å². The second kappa shape index (κ2) is 6.19. The molecule has 1 N–H and O–H groups in total. The molecule has 1 aliphatic rings. The largest absolute Gasteiger partial charge is 0.322 e. The molecule has 1 amide bonds. The molecule has 0 saturated carbocycles. The molecule has 2 heteroatoms. The van der Waals surface area contributed by atoms with Gasteiger partial charge < -0.3 is 5.32 Å². The first kappa shape index (κ1) is 13.3. The maximum absolute atomic E-state index is 12.2. The fraction of sp³-hybridized carbons (Fsp3) is 0.235. The number of hydrogen-bond donors (Lipinski definition) is 1. The first-order chi connectivity index (χ1) is 9.15. The maximum Gasteiger partial charge on any atom is 0.255 e. The van der Waals surface area contributed by atoms with Crippen LogP contribution in [-0.4, -0.2) is 5.91 Å². The van der Waals surface area contributed by atoms with Crippen molar-refractivity contribution in [3.05, 3.63) is 65.3 Å². The topological polar surface area (TPSA) is 29.1 Å². The van der Waals surface area contributed by atoms with Gasteiger partial charge in [-0.2, -0.15) is 0 Å². The van der Waals surface area contributed by atoms with Crippen molar-refractivity contribution in [1.29, 1.82) is 0 Å². The molecule has 0 fully saturated rings. The van der Waals surface area contributed by atoms with Gasteiger partial charge in [-0.15, -0.1) is 0 Å². The molecule has 0 radical (unpaired) electrons. The zero-order valence-electron chi connectivity index (χ0n) is 11.4. The number of amides is 1. The minimum atomic E-state index is -0.0588. The Balaban J connectivity index is 2.19. The number of hydrogen-bond acceptors (Lipinski definition) is 1. The lowest BCUT2D eigenvalue weighted by Crippen LogP contribution is -2.13. The predicted octanol–water partition coefficient (Wildman–Crippen LogP) is 4.24. The van der Waals surface area contributed by atoms with Gasteiger partial charge in [0.05, 0.1) is 0 Å². The molecule has 0 aromatic heterocycles. The van der Waals surface area contributed by atoms with Gasteiger partial charge >= 0.3 is 0 Å². The Bertz CT molecular complexity index is 550. The van der Waals surface area contributed by atoms with E-state index < -0.39 is 0 Å². The second-order valence-corrected chi connectivity index (χ2v) is 4.95. The van der Waals surface area contributed by atoms with Crippen LogP contribution in [0, 0.1) is 0 Å². The zero-order chi connectivity index (χ0) is 13.7. The SMILES string of the molecule is CC1=CC=C(C(=O)Nc2ccccc2)C=C(C)CC1. The van der Waals surface area contributed by atoms with Gasteiger partial charge in [-0.1, -0.05) is 41.5 Å².